The van der Waals surface area contributed by atoms with Gasteiger partial charge in [0.25, 0.3) is 0 Å². The average Bonchev–Trinajstić information content (AvgIpc) is 3.48. The van der Waals surface area contributed by atoms with Crippen molar-refractivity contribution >= 4 is 23.6 Å². The van der Waals surface area contributed by atoms with E-state index in [1.54, 1.807) is 16.7 Å². The molecule has 0 aromatic carbocycles. The molecule has 0 spiro atoms. The Hall–Kier alpha value is -2.80. The number of rotatable bonds is 69. The Kier molecular flexibility index (Phi) is 62.6. The number of ether oxygens (including phenoxy) is 16. The lowest BCUT2D eigenvalue weighted by molar-refractivity contribution is -0.135. The van der Waals surface area contributed by atoms with E-state index in [0.717, 1.165) is 32.5 Å². The third kappa shape index (κ3) is 61.8. The molecule has 4 amide bonds. The van der Waals surface area contributed by atoms with Crippen LogP contribution < -0.4 is 10.6 Å². The second-order valence-electron chi connectivity index (χ2n) is 21.9. The summed E-state index contributed by atoms with van der Waals surface area (Å²) in [6.07, 6.45) is 3.39. The molecule has 516 valence electrons. The van der Waals surface area contributed by atoms with Crippen molar-refractivity contribution in [2.45, 2.75) is 107 Å². The van der Waals surface area contributed by atoms with Crippen molar-refractivity contribution < 1.29 is 95.0 Å². The lowest BCUT2D eigenvalue weighted by atomic mass is 10.1. The molecule has 25 nitrogen and oxygen atoms in total. The Morgan fingerprint density at radius 1 is 0.310 bits per heavy atom. The number of amides is 4. The molecule has 0 aliphatic heterocycles. The van der Waals surface area contributed by atoms with E-state index in [-0.39, 0.29) is 62.5 Å². The summed E-state index contributed by atoms with van der Waals surface area (Å²) >= 11 is 0. The normalized spacial score (nSPS) is 11.8. The number of carbonyl (C=O) groups is 4. The fraction of sp³-hybridized carbons (Fsp3) is 0.935. The molecule has 2 N–H and O–H groups in total. The first kappa shape index (κ1) is 84.2. The fourth-order valence-electron chi connectivity index (χ4n) is 7.45. The van der Waals surface area contributed by atoms with E-state index in [9.17, 15) is 19.2 Å². The molecule has 0 bridgehead atoms. The number of carbonyl (C=O) groups excluding carboxylic acids is 4. The van der Waals surface area contributed by atoms with Crippen LogP contribution in [0.1, 0.15) is 101 Å². The molecule has 25 heteroatoms. The Labute approximate surface area is 524 Å². The first-order valence-corrected chi connectivity index (χ1v) is 32.3. The van der Waals surface area contributed by atoms with Crippen LogP contribution in [0.2, 0.25) is 0 Å². The zero-order valence-corrected chi connectivity index (χ0v) is 55.6. The molecule has 0 saturated carbocycles. The Morgan fingerprint density at radius 2 is 0.586 bits per heavy atom. The molecule has 0 rings (SSSR count). The molecule has 87 heavy (non-hydrogen) atoms. The Morgan fingerprint density at radius 3 is 0.920 bits per heavy atom. The van der Waals surface area contributed by atoms with E-state index in [4.69, 9.17) is 75.8 Å². The topological polar surface area (TPSA) is 250 Å². The summed E-state index contributed by atoms with van der Waals surface area (Å²) < 4.78 is 90.8. The van der Waals surface area contributed by atoms with Crippen molar-refractivity contribution in [2.75, 3.05) is 257 Å². The summed E-state index contributed by atoms with van der Waals surface area (Å²) in [5.41, 5.74) is 0. The summed E-state index contributed by atoms with van der Waals surface area (Å²) in [7, 11) is 0. The highest BCUT2D eigenvalue weighted by Crippen LogP contribution is 2.04. The van der Waals surface area contributed by atoms with Gasteiger partial charge in [0.15, 0.2) is 0 Å². The van der Waals surface area contributed by atoms with Gasteiger partial charge in [0.2, 0.25) is 23.6 Å². The Balaban J connectivity index is 4.57. The van der Waals surface area contributed by atoms with Crippen molar-refractivity contribution in [1.29, 1.82) is 0 Å². The predicted octanol–water partition coefficient (Wildman–Crippen LogP) is 4.14. The van der Waals surface area contributed by atoms with Crippen LogP contribution in [0.25, 0.3) is 0 Å². The minimum Gasteiger partial charge on any atom is -0.379 e. The van der Waals surface area contributed by atoms with Gasteiger partial charge in [0, 0.05) is 84.5 Å². The molecule has 0 fully saturated rings. The van der Waals surface area contributed by atoms with Crippen molar-refractivity contribution in [3.8, 4) is 0 Å². The highest BCUT2D eigenvalue weighted by molar-refractivity contribution is 5.77. The van der Waals surface area contributed by atoms with Gasteiger partial charge in [0.05, 0.1) is 198 Å². The minimum atomic E-state index is -0.0710. The van der Waals surface area contributed by atoms with Gasteiger partial charge in [-0.15, -0.1) is 0 Å². The Bertz CT molecular complexity index is 1530. The monoisotopic (exact) mass is 1260 g/mol. The second-order valence-corrected chi connectivity index (χ2v) is 21.9. The summed E-state index contributed by atoms with van der Waals surface area (Å²) in [4.78, 5) is 55.4. The molecule has 0 aromatic heterocycles. The van der Waals surface area contributed by atoms with Crippen molar-refractivity contribution in [2.24, 2.45) is 17.8 Å². The molecule has 0 heterocycles. The van der Waals surface area contributed by atoms with E-state index in [2.05, 4.69) is 57.1 Å². The largest absolute Gasteiger partial charge is 0.379 e. The van der Waals surface area contributed by atoms with Crippen molar-refractivity contribution in [3.05, 3.63) is 0 Å². The molecule has 0 radical (unpaired) electrons. The van der Waals surface area contributed by atoms with Gasteiger partial charge in [0.1, 0.15) is 6.79 Å². The minimum absolute atomic E-state index is 0.00807. The lowest BCUT2D eigenvalue weighted by Gasteiger charge is -2.26. The van der Waals surface area contributed by atoms with Crippen LogP contribution in [0.15, 0.2) is 0 Å². The van der Waals surface area contributed by atoms with Crippen LogP contribution in [-0.2, 0) is 95.0 Å². The lowest BCUT2D eigenvalue weighted by Crippen LogP contribution is -2.37. The number of hydrogen-bond donors (Lipinski definition) is 2. The van der Waals surface area contributed by atoms with Crippen LogP contribution in [0.4, 0.5) is 0 Å². The third-order valence-electron chi connectivity index (χ3n) is 12.7. The van der Waals surface area contributed by atoms with E-state index < -0.39 is 0 Å². The van der Waals surface area contributed by atoms with Crippen LogP contribution in [0.3, 0.4) is 0 Å². The SMILES string of the molecule is CCC(=O)NCCOCCOCCOCCN(CCOCCOCCOCCNC(=O)CC(C)C)C(=O)CCOCCOCCN(CCOCCOCCC(=O)N(CCOCCOCCOCCC(C)C)CCOCCOCOCCC(C)C)C(C)C. The predicted molar refractivity (Wildman–Crippen MR) is 332 cm³/mol. The quantitative estimate of drug-likeness (QED) is 0.0641. The molecule has 0 atom stereocenters. The molecule has 0 aromatic rings. The maximum absolute atomic E-state index is 13.3. The van der Waals surface area contributed by atoms with Crippen molar-refractivity contribution in [1.82, 2.24) is 25.3 Å². The fourth-order valence-corrected chi connectivity index (χ4v) is 7.45. The van der Waals surface area contributed by atoms with Crippen molar-refractivity contribution in [3.63, 3.8) is 0 Å². The number of nitrogens with one attached hydrogen (secondary N) is 2. The van der Waals surface area contributed by atoms with Gasteiger partial charge >= 0.3 is 0 Å². The van der Waals surface area contributed by atoms with Gasteiger partial charge in [-0.3, -0.25) is 24.1 Å². The first-order chi connectivity index (χ1) is 42.3. The number of hydrogen-bond acceptors (Lipinski definition) is 21. The van der Waals surface area contributed by atoms with Gasteiger partial charge in [-0.25, -0.2) is 0 Å². The van der Waals surface area contributed by atoms with E-state index in [1.807, 2.05) is 13.8 Å². The summed E-state index contributed by atoms with van der Waals surface area (Å²) in [5, 5.41) is 5.60. The third-order valence-corrected chi connectivity index (χ3v) is 12.7. The molecule has 0 unspecified atom stereocenters. The van der Waals surface area contributed by atoms with Gasteiger partial charge in [-0.2, -0.15) is 0 Å². The van der Waals surface area contributed by atoms with Crippen LogP contribution in [0, 0.1) is 17.8 Å². The summed E-state index contributed by atoms with van der Waals surface area (Å²) in [6, 6.07) is 0.285. The maximum atomic E-state index is 13.3. The molecule has 0 aliphatic carbocycles. The van der Waals surface area contributed by atoms with Gasteiger partial charge in [-0.05, 0) is 44.4 Å². The smallest absolute Gasteiger partial charge is 0.225 e. The highest BCUT2D eigenvalue weighted by Gasteiger charge is 2.16. The summed E-state index contributed by atoms with van der Waals surface area (Å²) in [5.74, 6) is 1.42. The van der Waals surface area contributed by atoms with Crippen LogP contribution >= 0.6 is 0 Å². The zero-order valence-electron chi connectivity index (χ0n) is 55.6. The van der Waals surface area contributed by atoms with Gasteiger partial charge < -0.3 is 96.2 Å². The number of nitrogens with zero attached hydrogens (tertiary/aromatic N) is 3. The summed E-state index contributed by atoms with van der Waals surface area (Å²) in [6.45, 7) is 35.6. The van der Waals surface area contributed by atoms with E-state index in [1.165, 1.54) is 0 Å². The van der Waals surface area contributed by atoms with Crippen LogP contribution in [-0.4, -0.2) is 302 Å². The second kappa shape index (κ2) is 64.7. The molecular weight excluding hydrogens is 1130 g/mol. The molecular formula is C62H123N5O20. The highest BCUT2D eigenvalue weighted by atomic mass is 16.7. The van der Waals surface area contributed by atoms with E-state index >= 15 is 0 Å². The molecule has 0 saturated heterocycles. The first-order valence-electron chi connectivity index (χ1n) is 32.3. The average molecular weight is 1260 g/mol. The standard InChI is InChI=1S/C62H123N5O20/c1-10-59(68)63-15-27-75-38-46-84-49-43-80-31-19-66(20-32-81-44-50-85-47-39-76-28-16-64-60(69)53-57(6)7)61(70)13-25-73-35-40-77-29-17-65(58(8)9)18-30-78-41-36-74-26-14-62(71)67(22-34-82-51-52-87-54-86-24-12-56(4)5)21-33-79-42-48-83-45-37-72-23-11-55(2)3/h55-58H,10-54H2,1-9H3,(H,63,68)(H,64,69). The van der Waals surface area contributed by atoms with Crippen LogP contribution in [0.5, 0.6) is 0 Å². The van der Waals surface area contributed by atoms with Gasteiger partial charge in [-0.1, -0.05) is 48.5 Å². The molecule has 0 aliphatic rings. The zero-order chi connectivity index (χ0) is 63.9. The maximum Gasteiger partial charge on any atom is 0.225 e. The van der Waals surface area contributed by atoms with E-state index in [0.29, 0.717) is 248 Å².